The Labute approximate surface area is 94.9 Å². The van der Waals surface area contributed by atoms with Crippen LogP contribution in [0.5, 0.6) is 0 Å². The molecule has 0 bridgehead atoms. The minimum atomic E-state index is -0.0555. The van der Waals surface area contributed by atoms with Gasteiger partial charge in [-0.25, -0.2) is 4.79 Å². The maximum absolute atomic E-state index is 11.2. The van der Waals surface area contributed by atoms with E-state index < -0.39 is 0 Å². The lowest BCUT2D eigenvalue weighted by Gasteiger charge is -2.05. The molecule has 1 aromatic rings. The zero-order valence-corrected chi connectivity index (χ0v) is 9.90. The van der Waals surface area contributed by atoms with E-state index in [1.165, 1.54) is 4.88 Å². The fourth-order valence-corrected chi connectivity index (χ4v) is 1.90. The van der Waals surface area contributed by atoms with E-state index in [1.807, 2.05) is 6.07 Å². The summed E-state index contributed by atoms with van der Waals surface area (Å²) in [5.41, 5.74) is 0. The SMILES string of the molecule is CCCCNC(=O)NCCc1cccs1. The summed E-state index contributed by atoms with van der Waals surface area (Å²) in [5.74, 6) is 0. The summed E-state index contributed by atoms with van der Waals surface area (Å²) in [6, 6.07) is 4.06. The van der Waals surface area contributed by atoms with Crippen molar-refractivity contribution >= 4 is 17.4 Å². The van der Waals surface area contributed by atoms with Crippen molar-refractivity contribution in [3.8, 4) is 0 Å². The number of hydrogen-bond acceptors (Lipinski definition) is 2. The van der Waals surface area contributed by atoms with Crippen LogP contribution in [-0.4, -0.2) is 19.1 Å². The Morgan fingerprint density at radius 1 is 1.40 bits per heavy atom. The molecule has 84 valence electrons. The van der Waals surface area contributed by atoms with Crippen LogP contribution in [0.2, 0.25) is 0 Å². The van der Waals surface area contributed by atoms with Crippen molar-refractivity contribution in [2.75, 3.05) is 13.1 Å². The summed E-state index contributed by atoms with van der Waals surface area (Å²) in [7, 11) is 0. The number of nitrogens with one attached hydrogen (secondary N) is 2. The van der Waals surface area contributed by atoms with E-state index in [9.17, 15) is 4.79 Å². The molecule has 2 amide bonds. The predicted molar refractivity (Wildman–Crippen MR) is 64.3 cm³/mol. The number of rotatable bonds is 6. The topological polar surface area (TPSA) is 41.1 Å². The van der Waals surface area contributed by atoms with Crippen molar-refractivity contribution in [1.82, 2.24) is 10.6 Å². The minimum absolute atomic E-state index is 0.0555. The lowest BCUT2D eigenvalue weighted by atomic mass is 10.3. The third-order valence-electron chi connectivity index (χ3n) is 2.05. The van der Waals surface area contributed by atoms with Crippen LogP contribution in [0.1, 0.15) is 24.6 Å². The first-order chi connectivity index (χ1) is 7.33. The van der Waals surface area contributed by atoms with E-state index in [0.29, 0.717) is 6.54 Å². The number of thiophene rings is 1. The summed E-state index contributed by atoms with van der Waals surface area (Å²) < 4.78 is 0. The summed E-state index contributed by atoms with van der Waals surface area (Å²) in [4.78, 5) is 12.5. The second-order valence-electron chi connectivity index (χ2n) is 3.37. The highest BCUT2D eigenvalue weighted by Crippen LogP contribution is 2.07. The van der Waals surface area contributed by atoms with Crippen molar-refractivity contribution in [3.05, 3.63) is 22.4 Å². The number of hydrogen-bond donors (Lipinski definition) is 2. The monoisotopic (exact) mass is 226 g/mol. The van der Waals surface area contributed by atoms with Crippen LogP contribution >= 0.6 is 11.3 Å². The number of carbonyl (C=O) groups excluding carboxylic acids is 1. The molecule has 1 rings (SSSR count). The second kappa shape index (κ2) is 7.29. The molecule has 1 aromatic heterocycles. The maximum atomic E-state index is 11.2. The molecule has 0 unspecified atom stereocenters. The zero-order chi connectivity index (χ0) is 10.9. The largest absolute Gasteiger partial charge is 0.338 e. The van der Waals surface area contributed by atoms with E-state index >= 15 is 0 Å². The fourth-order valence-electron chi connectivity index (χ4n) is 1.20. The second-order valence-corrected chi connectivity index (χ2v) is 4.40. The van der Waals surface area contributed by atoms with Crippen molar-refractivity contribution in [2.24, 2.45) is 0 Å². The van der Waals surface area contributed by atoms with Gasteiger partial charge >= 0.3 is 6.03 Å². The van der Waals surface area contributed by atoms with Gasteiger partial charge in [-0.05, 0) is 24.3 Å². The van der Waals surface area contributed by atoms with Gasteiger partial charge < -0.3 is 10.6 Å². The maximum Gasteiger partial charge on any atom is 0.314 e. The van der Waals surface area contributed by atoms with Gasteiger partial charge in [0.1, 0.15) is 0 Å². The quantitative estimate of drug-likeness (QED) is 0.718. The molecule has 0 spiro atoms. The summed E-state index contributed by atoms with van der Waals surface area (Å²) in [6.07, 6.45) is 3.06. The van der Waals surface area contributed by atoms with Gasteiger partial charge in [0.2, 0.25) is 0 Å². The third-order valence-corrected chi connectivity index (χ3v) is 2.99. The van der Waals surface area contributed by atoms with Crippen molar-refractivity contribution in [2.45, 2.75) is 26.2 Å². The van der Waals surface area contributed by atoms with Gasteiger partial charge in [-0.1, -0.05) is 19.4 Å². The van der Waals surface area contributed by atoms with Crippen molar-refractivity contribution < 1.29 is 4.79 Å². The molecule has 0 atom stereocenters. The first-order valence-electron chi connectivity index (χ1n) is 5.37. The van der Waals surface area contributed by atoms with Crippen LogP contribution in [0.15, 0.2) is 17.5 Å². The predicted octanol–water partition coefficient (Wildman–Crippen LogP) is 2.39. The molecular formula is C11H18N2OS. The first-order valence-corrected chi connectivity index (χ1v) is 6.25. The van der Waals surface area contributed by atoms with E-state index in [2.05, 4.69) is 29.0 Å². The van der Waals surface area contributed by atoms with E-state index in [4.69, 9.17) is 0 Å². The van der Waals surface area contributed by atoms with Crippen molar-refractivity contribution in [3.63, 3.8) is 0 Å². The molecule has 0 radical (unpaired) electrons. The van der Waals surface area contributed by atoms with Gasteiger partial charge in [0, 0.05) is 18.0 Å². The average Bonchev–Trinajstić information content (AvgIpc) is 2.71. The Kier molecular flexibility index (Phi) is 5.85. The Bertz CT molecular complexity index is 272. The average molecular weight is 226 g/mol. The Balaban J connectivity index is 2.02. The minimum Gasteiger partial charge on any atom is -0.338 e. The number of unbranched alkanes of at least 4 members (excludes halogenated alkanes) is 1. The van der Waals surface area contributed by atoms with Crippen LogP contribution in [0.3, 0.4) is 0 Å². The van der Waals surface area contributed by atoms with Crippen LogP contribution in [0, 0.1) is 0 Å². The zero-order valence-electron chi connectivity index (χ0n) is 9.08. The molecule has 0 saturated heterocycles. The summed E-state index contributed by atoms with van der Waals surface area (Å²) in [5, 5.41) is 7.71. The van der Waals surface area contributed by atoms with Crippen LogP contribution in [-0.2, 0) is 6.42 Å². The normalized spacial score (nSPS) is 9.93. The number of urea groups is 1. The Morgan fingerprint density at radius 2 is 2.20 bits per heavy atom. The molecule has 0 aliphatic carbocycles. The molecule has 2 N–H and O–H groups in total. The highest BCUT2D eigenvalue weighted by atomic mass is 32.1. The standard InChI is InChI=1S/C11H18N2OS/c1-2-3-7-12-11(14)13-8-6-10-5-4-9-15-10/h4-5,9H,2-3,6-8H2,1H3,(H2,12,13,14). The molecule has 1 heterocycles. The molecule has 15 heavy (non-hydrogen) atoms. The molecule has 0 saturated carbocycles. The first kappa shape index (κ1) is 12.0. The van der Waals surface area contributed by atoms with Gasteiger partial charge in [0.25, 0.3) is 0 Å². The molecule has 0 aromatic carbocycles. The van der Waals surface area contributed by atoms with Gasteiger partial charge in [0.15, 0.2) is 0 Å². The number of amides is 2. The molecular weight excluding hydrogens is 208 g/mol. The van der Waals surface area contributed by atoms with Crippen LogP contribution in [0.4, 0.5) is 4.79 Å². The number of carbonyl (C=O) groups is 1. The van der Waals surface area contributed by atoms with E-state index in [-0.39, 0.29) is 6.03 Å². The van der Waals surface area contributed by atoms with E-state index in [1.54, 1.807) is 11.3 Å². The Hall–Kier alpha value is -1.03. The van der Waals surface area contributed by atoms with Gasteiger partial charge in [-0.3, -0.25) is 0 Å². The molecule has 0 fully saturated rings. The fraction of sp³-hybridized carbons (Fsp3) is 0.545. The smallest absolute Gasteiger partial charge is 0.314 e. The summed E-state index contributed by atoms with van der Waals surface area (Å²) >= 11 is 1.72. The van der Waals surface area contributed by atoms with Crippen LogP contribution in [0.25, 0.3) is 0 Å². The Morgan fingerprint density at radius 3 is 2.87 bits per heavy atom. The van der Waals surface area contributed by atoms with Gasteiger partial charge in [-0.15, -0.1) is 11.3 Å². The summed E-state index contributed by atoms with van der Waals surface area (Å²) in [6.45, 7) is 3.58. The lowest BCUT2D eigenvalue weighted by molar-refractivity contribution is 0.241. The highest BCUT2D eigenvalue weighted by molar-refractivity contribution is 7.09. The highest BCUT2D eigenvalue weighted by Gasteiger charge is 1.98. The van der Waals surface area contributed by atoms with Crippen LogP contribution < -0.4 is 10.6 Å². The van der Waals surface area contributed by atoms with Gasteiger partial charge in [0.05, 0.1) is 0 Å². The molecule has 4 heteroatoms. The lowest BCUT2D eigenvalue weighted by Crippen LogP contribution is -2.36. The molecule has 0 aliphatic heterocycles. The van der Waals surface area contributed by atoms with E-state index in [0.717, 1.165) is 25.8 Å². The van der Waals surface area contributed by atoms with Gasteiger partial charge in [-0.2, -0.15) is 0 Å². The van der Waals surface area contributed by atoms with Crippen molar-refractivity contribution in [1.29, 1.82) is 0 Å². The molecule has 0 aliphatic rings. The third kappa shape index (κ3) is 5.42. The molecule has 3 nitrogen and oxygen atoms in total.